The molecule has 3 aromatic carbocycles. The van der Waals surface area contributed by atoms with Crippen molar-refractivity contribution >= 4 is 44.2 Å². The minimum absolute atomic E-state index is 0.0939. The van der Waals surface area contributed by atoms with Gasteiger partial charge in [-0.15, -0.1) is 0 Å². The summed E-state index contributed by atoms with van der Waals surface area (Å²) in [7, 11) is -2.59. The van der Waals surface area contributed by atoms with E-state index in [1.807, 2.05) is 45.0 Å². The van der Waals surface area contributed by atoms with Gasteiger partial charge in [-0.2, -0.15) is 4.31 Å². The molecule has 9 heteroatoms. The van der Waals surface area contributed by atoms with E-state index in [-0.39, 0.29) is 17.3 Å². The number of fused-ring (bicyclic) bond motifs is 1. The third-order valence-corrected chi connectivity index (χ3v) is 7.73. The molecular formula is C27H32ClN3O4S. The molecule has 0 aromatic heterocycles. The number of nitrogens with one attached hydrogen (secondary N) is 1. The van der Waals surface area contributed by atoms with E-state index in [1.54, 1.807) is 43.3 Å². The monoisotopic (exact) mass is 529 g/mol. The van der Waals surface area contributed by atoms with Gasteiger partial charge in [0.05, 0.1) is 11.4 Å². The van der Waals surface area contributed by atoms with Crippen molar-refractivity contribution in [1.82, 2.24) is 14.5 Å². The quantitative estimate of drug-likeness (QED) is 0.467. The van der Waals surface area contributed by atoms with Crippen molar-refractivity contribution in [1.29, 1.82) is 0 Å². The number of hydrogen-bond donors (Lipinski definition) is 1. The van der Waals surface area contributed by atoms with Crippen LogP contribution in [0.5, 0.6) is 0 Å². The fraction of sp³-hybridized carbons (Fsp3) is 0.333. The van der Waals surface area contributed by atoms with Gasteiger partial charge in [0.2, 0.25) is 21.8 Å². The lowest BCUT2D eigenvalue weighted by Crippen LogP contribution is -2.54. The second-order valence-corrected chi connectivity index (χ2v) is 12.3. The summed E-state index contributed by atoms with van der Waals surface area (Å²) in [5, 5.41) is 5.09. The van der Waals surface area contributed by atoms with E-state index in [1.165, 1.54) is 18.0 Å². The third kappa shape index (κ3) is 6.84. The van der Waals surface area contributed by atoms with Crippen molar-refractivity contribution in [2.75, 3.05) is 13.6 Å². The lowest BCUT2D eigenvalue weighted by molar-refractivity contribution is -0.141. The Balaban J connectivity index is 1.86. The fourth-order valence-corrected chi connectivity index (χ4v) is 5.13. The minimum Gasteiger partial charge on any atom is -0.350 e. The first-order valence-corrected chi connectivity index (χ1v) is 13.4. The maximum absolute atomic E-state index is 13.5. The van der Waals surface area contributed by atoms with E-state index >= 15 is 0 Å². The predicted octanol–water partition coefficient (Wildman–Crippen LogP) is 4.45. The number of amides is 2. The van der Waals surface area contributed by atoms with Gasteiger partial charge in [0.15, 0.2) is 0 Å². The number of nitrogens with zero attached hydrogens (tertiary/aromatic N) is 2. The molecular weight excluding hydrogens is 498 g/mol. The summed E-state index contributed by atoms with van der Waals surface area (Å²) in [5.74, 6) is -0.837. The molecule has 0 spiro atoms. The van der Waals surface area contributed by atoms with Gasteiger partial charge in [0.1, 0.15) is 6.04 Å². The molecule has 7 nitrogen and oxygen atoms in total. The molecule has 0 fully saturated rings. The number of rotatable bonds is 8. The maximum Gasteiger partial charge on any atom is 0.243 e. The molecule has 0 saturated carbocycles. The van der Waals surface area contributed by atoms with Gasteiger partial charge in [0.25, 0.3) is 0 Å². The van der Waals surface area contributed by atoms with Crippen LogP contribution in [0.2, 0.25) is 5.02 Å². The zero-order chi connectivity index (χ0) is 26.7. The van der Waals surface area contributed by atoms with Gasteiger partial charge in [-0.05, 0) is 68.3 Å². The topological polar surface area (TPSA) is 86.8 Å². The lowest BCUT2D eigenvalue weighted by atomic mass is 10.1. The van der Waals surface area contributed by atoms with Crippen LogP contribution in [0.3, 0.4) is 0 Å². The van der Waals surface area contributed by atoms with E-state index in [0.29, 0.717) is 5.02 Å². The Morgan fingerprint density at radius 2 is 1.64 bits per heavy atom. The molecule has 0 aliphatic carbocycles. The standard InChI is InChI=1S/C27H32ClN3O4S/c1-19(26(33)29-27(2,3)4)31(17-20-9-8-12-23(28)15-20)25(32)18-30(5)36(34,35)24-14-13-21-10-6-7-11-22(21)16-24/h6-16,19H,17-18H2,1-5H3,(H,29,33). The van der Waals surface area contributed by atoms with Gasteiger partial charge in [-0.1, -0.05) is 54.1 Å². The van der Waals surface area contributed by atoms with E-state index in [4.69, 9.17) is 11.6 Å². The minimum atomic E-state index is -3.95. The van der Waals surface area contributed by atoms with Gasteiger partial charge in [-0.25, -0.2) is 8.42 Å². The number of benzene rings is 3. The van der Waals surface area contributed by atoms with Crippen molar-refractivity contribution in [3.63, 3.8) is 0 Å². The van der Waals surface area contributed by atoms with E-state index in [0.717, 1.165) is 20.6 Å². The van der Waals surface area contributed by atoms with Crippen LogP contribution < -0.4 is 5.32 Å². The van der Waals surface area contributed by atoms with Gasteiger partial charge in [0, 0.05) is 24.2 Å². The second-order valence-electron chi connectivity index (χ2n) is 9.84. The van der Waals surface area contributed by atoms with Crippen LogP contribution in [-0.2, 0) is 26.2 Å². The molecule has 1 unspecified atom stereocenters. The number of sulfonamides is 1. The van der Waals surface area contributed by atoms with Crippen molar-refractivity contribution in [3.05, 3.63) is 77.3 Å². The fourth-order valence-electron chi connectivity index (χ4n) is 3.76. The number of halogens is 1. The first kappa shape index (κ1) is 27.6. The number of likely N-dealkylation sites (N-methyl/N-ethyl adjacent to an activating group) is 1. The highest BCUT2D eigenvalue weighted by Crippen LogP contribution is 2.22. The maximum atomic E-state index is 13.5. The Labute approximate surface area is 218 Å². The second kappa shape index (κ2) is 11.0. The first-order valence-electron chi connectivity index (χ1n) is 11.6. The normalized spacial score (nSPS) is 13.0. The molecule has 2 amide bonds. The molecule has 0 aliphatic rings. The van der Waals surface area contributed by atoms with Crippen molar-refractivity contribution < 1.29 is 18.0 Å². The molecule has 0 bridgehead atoms. The molecule has 192 valence electrons. The Bertz CT molecular complexity index is 1370. The highest BCUT2D eigenvalue weighted by Gasteiger charge is 2.31. The van der Waals surface area contributed by atoms with Crippen molar-refractivity contribution in [2.45, 2.75) is 50.7 Å². The van der Waals surface area contributed by atoms with Crippen LogP contribution in [0.1, 0.15) is 33.3 Å². The van der Waals surface area contributed by atoms with Crippen LogP contribution in [0.25, 0.3) is 10.8 Å². The Morgan fingerprint density at radius 3 is 2.28 bits per heavy atom. The molecule has 1 N–H and O–H groups in total. The van der Waals surface area contributed by atoms with Crippen LogP contribution in [-0.4, -0.2) is 54.6 Å². The Morgan fingerprint density at radius 1 is 0.972 bits per heavy atom. The predicted molar refractivity (Wildman–Crippen MR) is 143 cm³/mol. The molecule has 3 rings (SSSR count). The third-order valence-electron chi connectivity index (χ3n) is 5.69. The summed E-state index contributed by atoms with van der Waals surface area (Å²) < 4.78 is 27.6. The van der Waals surface area contributed by atoms with Crippen LogP contribution in [0.15, 0.2) is 71.6 Å². The van der Waals surface area contributed by atoms with Gasteiger partial charge in [-0.3, -0.25) is 9.59 Å². The van der Waals surface area contributed by atoms with Gasteiger partial charge >= 0.3 is 0 Å². The van der Waals surface area contributed by atoms with Crippen LogP contribution in [0, 0.1) is 0 Å². The molecule has 3 aromatic rings. The summed E-state index contributed by atoms with van der Waals surface area (Å²) in [6, 6.07) is 18.5. The van der Waals surface area contributed by atoms with Crippen molar-refractivity contribution in [3.8, 4) is 0 Å². The van der Waals surface area contributed by atoms with Crippen LogP contribution >= 0.6 is 11.6 Å². The zero-order valence-corrected chi connectivity index (χ0v) is 22.7. The number of carbonyl (C=O) groups is 2. The summed E-state index contributed by atoms with van der Waals surface area (Å²) in [6.07, 6.45) is 0. The van der Waals surface area contributed by atoms with E-state index in [2.05, 4.69) is 5.32 Å². The Hall–Kier alpha value is -2.94. The molecule has 0 saturated heterocycles. The van der Waals surface area contributed by atoms with Crippen LogP contribution in [0.4, 0.5) is 0 Å². The first-order chi connectivity index (χ1) is 16.8. The lowest BCUT2D eigenvalue weighted by Gasteiger charge is -2.32. The molecule has 0 aliphatic heterocycles. The average Bonchev–Trinajstić information content (AvgIpc) is 2.80. The molecule has 1 atom stereocenters. The summed E-state index contributed by atoms with van der Waals surface area (Å²) in [6.45, 7) is 6.85. The Kier molecular flexibility index (Phi) is 8.44. The van der Waals surface area contributed by atoms with Gasteiger partial charge < -0.3 is 10.2 Å². The van der Waals surface area contributed by atoms with E-state index in [9.17, 15) is 18.0 Å². The number of carbonyl (C=O) groups excluding carboxylic acids is 2. The van der Waals surface area contributed by atoms with E-state index < -0.39 is 34.1 Å². The average molecular weight is 530 g/mol. The molecule has 0 radical (unpaired) electrons. The number of hydrogen-bond acceptors (Lipinski definition) is 4. The zero-order valence-electron chi connectivity index (χ0n) is 21.2. The highest BCUT2D eigenvalue weighted by molar-refractivity contribution is 7.89. The molecule has 36 heavy (non-hydrogen) atoms. The summed E-state index contributed by atoms with van der Waals surface area (Å²) in [5.41, 5.74) is 0.234. The SMILES string of the molecule is CC(C(=O)NC(C)(C)C)N(Cc1cccc(Cl)c1)C(=O)CN(C)S(=O)(=O)c1ccc2ccccc2c1. The summed E-state index contributed by atoms with van der Waals surface area (Å²) in [4.78, 5) is 27.8. The highest BCUT2D eigenvalue weighted by atomic mass is 35.5. The molecule has 0 heterocycles. The van der Waals surface area contributed by atoms with Crippen molar-refractivity contribution in [2.24, 2.45) is 0 Å². The summed E-state index contributed by atoms with van der Waals surface area (Å²) >= 11 is 6.12. The largest absolute Gasteiger partial charge is 0.350 e. The smallest absolute Gasteiger partial charge is 0.243 e.